The molecule has 22 heavy (non-hydrogen) atoms. The van der Waals surface area contributed by atoms with Crippen LogP contribution in [0.5, 0.6) is 0 Å². The maximum Gasteiger partial charge on any atom is 0.188 e. The normalized spacial score (nSPS) is 12.0. The molecule has 5 heteroatoms. The van der Waals surface area contributed by atoms with Gasteiger partial charge in [0.1, 0.15) is 0 Å². The summed E-state index contributed by atoms with van der Waals surface area (Å²) in [7, 11) is 0. The van der Waals surface area contributed by atoms with Crippen molar-refractivity contribution in [2.24, 2.45) is 10.7 Å². The zero-order chi connectivity index (χ0) is 15.8. The van der Waals surface area contributed by atoms with Gasteiger partial charge in [-0.3, -0.25) is 4.99 Å². The summed E-state index contributed by atoms with van der Waals surface area (Å²) in [6, 6.07) is 6.36. The summed E-state index contributed by atoms with van der Waals surface area (Å²) in [6.45, 7) is 7.08. The van der Waals surface area contributed by atoms with Gasteiger partial charge in [0.2, 0.25) is 0 Å². The molecule has 1 heterocycles. The van der Waals surface area contributed by atoms with E-state index in [1.54, 1.807) is 0 Å². The Hall–Kier alpha value is -2.01. The smallest absolute Gasteiger partial charge is 0.188 e. The third-order valence-electron chi connectivity index (χ3n) is 3.64. The molecule has 0 aliphatic heterocycles. The molecule has 0 radical (unpaired) electrons. The molecule has 120 valence electrons. The van der Waals surface area contributed by atoms with Crippen molar-refractivity contribution in [3.63, 3.8) is 0 Å². The van der Waals surface area contributed by atoms with Crippen molar-refractivity contribution in [3.8, 4) is 0 Å². The fourth-order valence-corrected chi connectivity index (χ4v) is 2.46. The molecule has 1 aromatic heterocycles. The average molecular weight is 302 g/mol. The van der Waals surface area contributed by atoms with Crippen molar-refractivity contribution in [1.29, 1.82) is 0 Å². The number of aliphatic imine (C=N–C) groups is 1. The fourth-order valence-electron chi connectivity index (χ4n) is 2.46. The molecule has 0 saturated carbocycles. The number of nitrogens with zero attached hydrogens (tertiary/aromatic N) is 1. The van der Waals surface area contributed by atoms with Crippen LogP contribution in [0.4, 0.5) is 0 Å². The van der Waals surface area contributed by atoms with Crippen molar-refractivity contribution >= 4 is 16.9 Å². The van der Waals surface area contributed by atoms with E-state index in [4.69, 9.17) is 10.5 Å². The van der Waals surface area contributed by atoms with Crippen LogP contribution >= 0.6 is 0 Å². The second-order valence-electron chi connectivity index (χ2n) is 5.31. The fraction of sp³-hybridized carbons (Fsp3) is 0.471. The molecule has 0 spiro atoms. The highest BCUT2D eigenvalue weighted by Gasteiger charge is 2.04. The highest BCUT2D eigenvalue weighted by Crippen LogP contribution is 2.21. The second-order valence-corrected chi connectivity index (χ2v) is 5.31. The molecule has 5 nitrogen and oxygen atoms in total. The lowest BCUT2D eigenvalue weighted by Gasteiger charge is -2.05. The highest BCUT2D eigenvalue weighted by atomic mass is 16.5. The summed E-state index contributed by atoms with van der Waals surface area (Å²) < 4.78 is 5.26. The first-order chi connectivity index (χ1) is 10.7. The molecule has 0 atom stereocenters. The number of aryl methyl sites for hydroxylation is 1. The van der Waals surface area contributed by atoms with Crippen LogP contribution < -0.4 is 11.1 Å². The first-order valence-electron chi connectivity index (χ1n) is 7.89. The van der Waals surface area contributed by atoms with Crippen LogP contribution in [-0.2, 0) is 11.2 Å². The van der Waals surface area contributed by atoms with Crippen LogP contribution in [0, 0.1) is 6.92 Å². The molecule has 0 fully saturated rings. The Kier molecular flexibility index (Phi) is 6.27. The van der Waals surface area contributed by atoms with Gasteiger partial charge in [-0.2, -0.15) is 0 Å². The van der Waals surface area contributed by atoms with E-state index in [-0.39, 0.29) is 0 Å². The largest absolute Gasteiger partial charge is 0.382 e. The number of aromatic amines is 1. The van der Waals surface area contributed by atoms with Gasteiger partial charge in [0, 0.05) is 43.4 Å². The number of H-pyrrole nitrogens is 1. The first kappa shape index (κ1) is 16.4. The number of para-hydroxylation sites is 1. The van der Waals surface area contributed by atoms with Gasteiger partial charge in [-0.1, -0.05) is 18.2 Å². The van der Waals surface area contributed by atoms with E-state index in [1.807, 2.05) is 6.92 Å². The van der Waals surface area contributed by atoms with E-state index in [2.05, 4.69) is 46.6 Å². The molecular formula is C17H26N4O. The van der Waals surface area contributed by atoms with Gasteiger partial charge >= 0.3 is 0 Å². The zero-order valence-electron chi connectivity index (χ0n) is 13.5. The van der Waals surface area contributed by atoms with Gasteiger partial charge in [0.25, 0.3) is 0 Å². The Morgan fingerprint density at radius 2 is 2.27 bits per heavy atom. The summed E-state index contributed by atoms with van der Waals surface area (Å²) in [5.74, 6) is 0.507. The van der Waals surface area contributed by atoms with Crippen LogP contribution in [0.2, 0.25) is 0 Å². The minimum Gasteiger partial charge on any atom is -0.382 e. The summed E-state index contributed by atoms with van der Waals surface area (Å²) in [5.41, 5.74) is 9.64. The number of rotatable bonds is 8. The lowest BCUT2D eigenvalue weighted by Crippen LogP contribution is -2.33. The van der Waals surface area contributed by atoms with E-state index in [0.29, 0.717) is 12.5 Å². The van der Waals surface area contributed by atoms with Crippen molar-refractivity contribution in [2.45, 2.75) is 26.7 Å². The van der Waals surface area contributed by atoms with Crippen molar-refractivity contribution in [1.82, 2.24) is 10.3 Å². The molecule has 1 aromatic carbocycles. The topological polar surface area (TPSA) is 75.4 Å². The van der Waals surface area contributed by atoms with Crippen LogP contribution in [0.25, 0.3) is 10.9 Å². The molecule has 0 unspecified atom stereocenters. The third-order valence-corrected chi connectivity index (χ3v) is 3.64. The molecule has 2 rings (SSSR count). The minimum atomic E-state index is 0.507. The van der Waals surface area contributed by atoms with Gasteiger partial charge in [0.05, 0.1) is 0 Å². The number of benzene rings is 1. The van der Waals surface area contributed by atoms with Gasteiger partial charge in [-0.15, -0.1) is 0 Å². The van der Waals surface area contributed by atoms with E-state index >= 15 is 0 Å². The van der Waals surface area contributed by atoms with E-state index in [9.17, 15) is 0 Å². The van der Waals surface area contributed by atoms with Gasteiger partial charge < -0.3 is 20.8 Å². The Bertz CT molecular complexity index is 618. The predicted molar refractivity (Wildman–Crippen MR) is 92.3 cm³/mol. The maximum absolute atomic E-state index is 5.85. The molecule has 0 amide bonds. The number of guanidine groups is 1. The molecule has 0 aliphatic rings. The third kappa shape index (κ3) is 4.49. The van der Waals surface area contributed by atoms with Crippen LogP contribution in [0.1, 0.15) is 24.5 Å². The molecule has 0 bridgehead atoms. The average Bonchev–Trinajstić information content (AvgIpc) is 2.92. The Morgan fingerprint density at radius 1 is 1.41 bits per heavy atom. The number of hydrogen-bond donors (Lipinski definition) is 3. The van der Waals surface area contributed by atoms with Gasteiger partial charge in [-0.05, 0) is 37.8 Å². The number of aromatic nitrogens is 1. The predicted octanol–water partition coefficient (Wildman–Crippen LogP) is 2.35. The molecular weight excluding hydrogens is 276 g/mol. The zero-order valence-corrected chi connectivity index (χ0v) is 13.5. The van der Waals surface area contributed by atoms with Crippen molar-refractivity contribution in [3.05, 3.63) is 35.5 Å². The lowest BCUT2D eigenvalue weighted by atomic mass is 10.1. The van der Waals surface area contributed by atoms with Crippen molar-refractivity contribution < 1.29 is 4.74 Å². The van der Waals surface area contributed by atoms with Crippen LogP contribution in [-0.4, -0.2) is 37.2 Å². The molecule has 2 aromatic rings. The van der Waals surface area contributed by atoms with Gasteiger partial charge in [0.15, 0.2) is 5.96 Å². The maximum atomic E-state index is 5.85. The number of ether oxygens (including phenoxy) is 1. The SMILES string of the molecule is CCOCCCN=C(N)NCCc1c[nH]c2c(C)cccc12. The highest BCUT2D eigenvalue weighted by molar-refractivity contribution is 5.86. The van der Waals surface area contributed by atoms with E-state index in [0.717, 1.165) is 32.6 Å². The minimum absolute atomic E-state index is 0.507. The van der Waals surface area contributed by atoms with E-state index in [1.165, 1.54) is 22.0 Å². The summed E-state index contributed by atoms with van der Waals surface area (Å²) in [4.78, 5) is 7.63. The lowest BCUT2D eigenvalue weighted by molar-refractivity contribution is 0.146. The molecule has 0 aliphatic carbocycles. The van der Waals surface area contributed by atoms with Gasteiger partial charge in [-0.25, -0.2) is 0 Å². The number of nitrogens with one attached hydrogen (secondary N) is 2. The number of fused-ring (bicyclic) bond motifs is 1. The Morgan fingerprint density at radius 3 is 3.09 bits per heavy atom. The van der Waals surface area contributed by atoms with Crippen molar-refractivity contribution in [2.75, 3.05) is 26.3 Å². The summed E-state index contributed by atoms with van der Waals surface area (Å²) in [6.07, 6.45) is 3.89. The Labute approximate surface area is 132 Å². The second kappa shape index (κ2) is 8.44. The summed E-state index contributed by atoms with van der Waals surface area (Å²) in [5, 5.41) is 4.45. The Balaban J connectivity index is 1.78. The number of nitrogens with two attached hydrogens (primary N) is 1. The summed E-state index contributed by atoms with van der Waals surface area (Å²) >= 11 is 0. The number of hydrogen-bond acceptors (Lipinski definition) is 2. The van der Waals surface area contributed by atoms with Crippen LogP contribution in [0.3, 0.4) is 0 Å². The quantitative estimate of drug-likeness (QED) is 0.398. The molecule has 0 saturated heterocycles. The van der Waals surface area contributed by atoms with E-state index < -0.39 is 0 Å². The van der Waals surface area contributed by atoms with Crippen LogP contribution in [0.15, 0.2) is 29.4 Å². The first-order valence-corrected chi connectivity index (χ1v) is 7.89. The standard InChI is InChI=1S/C17H26N4O/c1-3-22-11-5-9-19-17(18)20-10-8-14-12-21-16-13(2)6-4-7-15(14)16/h4,6-7,12,21H,3,5,8-11H2,1-2H3,(H3,18,19,20). The molecule has 4 N–H and O–H groups in total. The monoisotopic (exact) mass is 302 g/mol.